The first-order chi connectivity index (χ1) is 13.0. The number of nitrogens with one attached hydrogen (secondary N) is 2. The molecule has 1 aromatic heterocycles. The van der Waals surface area contributed by atoms with Crippen LogP contribution in [-0.4, -0.2) is 14.9 Å². The van der Waals surface area contributed by atoms with Gasteiger partial charge in [0.2, 0.25) is 0 Å². The van der Waals surface area contributed by atoms with E-state index in [0.717, 1.165) is 29.1 Å². The Bertz CT molecular complexity index is 918. The van der Waals surface area contributed by atoms with Crippen LogP contribution in [0.1, 0.15) is 23.6 Å². The van der Waals surface area contributed by atoms with Crippen molar-refractivity contribution in [2.75, 3.05) is 10.6 Å². The van der Waals surface area contributed by atoms with Crippen LogP contribution >= 0.6 is 12.2 Å². The highest BCUT2D eigenvalue weighted by molar-refractivity contribution is 7.80. The van der Waals surface area contributed by atoms with Crippen molar-refractivity contribution < 1.29 is 4.74 Å². The maximum atomic E-state index is 5.76. The molecular formula is C21H24N4OS. The lowest BCUT2D eigenvalue weighted by Crippen LogP contribution is -2.19. The second-order valence-corrected chi connectivity index (χ2v) is 6.85. The van der Waals surface area contributed by atoms with Crippen molar-refractivity contribution in [1.82, 2.24) is 9.78 Å². The Morgan fingerprint density at radius 3 is 2.63 bits per heavy atom. The zero-order chi connectivity index (χ0) is 19.2. The molecule has 0 atom stereocenters. The van der Waals surface area contributed by atoms with Crippen molar-refractivity contribution >= 4 is 28.7 Å². The molecule has 140 valence electrons. The molecule has 0 aliphatic rings. The van der Waals surface area contributed by atoms with Crippen molar-refractivity contribution in [2.45, 2.75) is 33.9 Å². The molecule has 0 saturated carbocycles. The van der Waals surface area contributed by atoms with E-state index in [1.54, 1.807) is 10.9 Å². The number of hydrogen-bond donors (Lipinski definition) is 2. The third-order valence-corrected chi connectivity index (χ3v) is 4.43. The maximum absolute atomic E-state index is 5.76. The number of ether oxygens (including phenoxy) is 1. The smallest absolute Gasteiger partial charge is 0.180 e. The van der Waals surface area contributed by atoms with Crippen LogP contribution in [0.5, 0.6) is 5.75 Å². The summed E-state index contributed by atoms with van der Waals surface area (Å²) in [5.74, 6) is 0.823. The average Bonchev–Trinajstić information content (AvgIpc) is 3.10. The second-order valence-electron chi connectivity index (χ2n) is 6.44. The highest BCUT2D eigenvalue weighted by Crippen LogP contribution is 2.17. The van der Waals surface area contributed by atoms with Gasteiger partial charge in [-0.1, -0.05) is 31.2 Å². The average molecular weight is 381 g/mol. The summed E-state index contributed by atoms with van der Waals surface area (Å²) in [6.45, 7) is 6.58. The minimum absolute atomic E-state index is 0.338. The summed E-state index contributed by atoms with van der Waals surface area (Å²) < 4.78 is 7.48. The summed E-state index contributed by atoms with van der Waals surface area (Å²) in [5, 5.41) is 11.2. The lowest BCUT2D eigenvalue weighted by molar-refractivity contribution is 0.221. The summed E-state index contributed by atoms with van der Waals surface area (Å²) >= 11 is 5.40. The molecule has 5 nitrogen and oxygen atoms in total. The van der Waals surface area contributed by atoms with Crippen LogP contribution in [0.3, 0.4) is 0 Å². The molecule has 0 spiro atoms. The predicted octanol–water partition coefficient (Wildman–Crippen LogP) is 4.91. The summed E-state index contributed by atoms with van der Waals surface area (Å²) in [7, 11) is 0. The third-order valence-electron chi connectivity index (χ3n) is 4.23. The molecule has 6 heteroatoms. The van der Waals surface area contributed by atoms with Crippen LogP contribution in [0.4, 0.5) is 11.4 Å². The van der Waals surface area contributed by atoms with E-state index >= 15 is 0 Å². The van der Waals surface area contributed by atoms with Gasteiger partial charge in [-0.05, 0) is 67.4 Å². The van der Waals surface area contributed by atoms with Crippen molar-refractivity contribution in [3.8, 4) is 5.75 Å². The van der Waals surface area contributed by atoms with Gasteiger partial charge in [0.05, 0.1) is 18.1 Å². The van der Waals surface area contributed by atoms with Gasteiger partial charge in [-0.2, -0.15) is 5.10 Å². The fourth-order valence-electron chi connectivity index (χ4n) is 2.62. The molecule has 3 aromatic rings. The quantitative estimate of drug-likeness (QED) is 0.595. The minimum atomic E-state index is 0.338. The van der Waals surface area contributed by atoms with E-state index in [0.29, 0.717) is 11.8 Å². The molecule has 2 N–H and O–H groups in total. The van der Waals surface area contributed by atoms with Gasteiger partial charge in [-0.25, -0.2) is 4.68 Å². The first-order valence-corrected chi connectivity index (χ1v) is 9.34. The van der Waals surface area contributed by atoms with Crippen LogP contribution in [0, 0.1) is 13.8 Å². The van der Waals surface area contributed by atoms with E-state index in [9.17, 15) is 0 Å². The molecular weight excluding hydrogens is 356 g/mol. The fourth-order valence-corrected chi connectivity index (χ4v) is 2.84. The summed E-state index contributed by atoms with van der Waals surface area (Å²) in [5.41, 5.74) is 5.42. The molecule has 0 unspecified atom stereocenters. The molecule has 1 heterocycles. The summed E-state index contributed by atoms with van der Waals surface area (Å²) in [4.78, 5) is 0. The second kappa shape index (κ2) is 8.68. The number of aromatic nitrogens is 2. The highest BCUT2D eigenvalue weighted by atomic mass is 32.1. The van der Waals surface area contributed by atoms with Gasteiger partial charge in [0, 0.05) is 5.69 Å². The minimum Gasteiger partial charge on any atom is -0.471 e. The van der Waals surface area contributed by atoms with Gasteiger partial charge in [-0.3, -0.25) is 0 Å². The van der Waals surface area contributed by atoms with E-state index in [2.05, 4.69) is 59.9 Å². The van der Waals surface area contributed by atoms with Crippen LogP contribution in [-0.2, 0) is 13.2 Å². The standard InChI is InChI=1S/C21H24N4OS/c1-4-17-7-9-19(10-8-17)26-14-25-13-18(12-22-25)23-21(27)24-20-11-15(2)5-6-16(20)3/h5-13H,4,14H2,1-3H3,(H2,23,24,27). The lowest BCUT2D eigenvalue weighted by Gasteiger charge is -2.12. The van der Waals surface area contributed by atoms with Crippen molar-refractivity contribution in [2.24, 2.45) is 0 Å². The number of anilines is 2. The van der Waals surface area contributed by atoms with Crippen LogP contribution < -0.4 is 15.4 Å². The summed E-state index contributed by atoms with van der Waals surface area (Å²) in [6, 6.07) is 14.3. The van der Waals surface area contributed by atoms with E-state index in [-0.39, 0.29) is 0 Å². The SMILES string of the molecule is CCc1ccc(OCn2cc(NC(=S)Nc3cc(C)ccc3C)cn2)cc1. The molecule has 27 heavy (non-hydrogen) atoms. The Kier molecular flexibility index (Phi) is 6.08. The first kappa shape index (κ1) is 18.9. The van der Waals surface area contributed by atoms with Crippen LogP contribution in [0.2, 0.25) is 0 Å². The third kappa shape index (κ3) is 5.31. The molecule has 0 saturated heterocycles. The zero-order valence-corrected chi connectivity index (χ0v) is 16.6. The van der Waals surface area contributed by atoms with Gasteiger partial charge in [0.1, 0.15) is 5.75 Å². The van der Waals surface area contributed by atoms with Crippen molar-refractivity contribution in [3.05, 3.63) is 71.5 Å². The summed E-state index contributed by atoms with van der Waals surface area (Å²) in [6.07, 6.45) is 4.60. The Morgan fingerprint density at radius 2 is 1.89 bits per heavy atom. The van der Waals surface area contributed by atoms with Crippen molar-refractivity contribution in [1.29, 1.82) is 0 Å². The number of hydrogen-bond acceptors (Lipinski definition) is 3. The normalized spacial score (nSPS) is 10.5. The Labute approximate surface area is 165 Å². The van der Waals surface area contributed by atoms with Gasteiger partial charge in [0.15, 0.2) is 11.8 Å². The molecule has 0 amide bonds. The van der Waals surface area contributed by atoms with Gasteiger partial charge in [0.25, 0.3) is 0 Å². The molecule has 0 fully saturated rings. The number of benzene rings is 2. The topological polar surface area (TPSA) is 51.1 Å². The number of nitrogens with zero attached hydrogens (tertiary/aromatic N) is 2. The number of rotatable bonds is 6. The molecule has 2 aromatic carbocycles. The molecule has 0 radical (unpaired) electrons. The molecule has 3 rings (SSSR count). The Morgan fingerprint density at radius 1 is 1.11 bits per heavy atom. The van der Waals surface area contributed by atoms with Gasteiger partial charge < -0.3 is 15.4 Å². The molecule has 0 aliphatic heterocycles. The van der Waals surface area contributed by atoms with E-state index in [4.69, 9.17) is 17.0 Å². The highest BCUT2D eigenvalue weighted by Gasteiger charge is 2.05. The lowest BCUT2D eigenvalue weighted by atomic mass is 10.1. The first-order valence-electron chi connectivity index (χ1n) is 8.93. The largest absolute Gasteiger partial charge is 0.471 e. The van der Waals surface area contributed by atoms with E-state index < -0.39 is 0 Å². The van der Waals surface area contributed by atoms with Gasteiger partial charge in [-0.15, -0.1) is 0 Å². The Balaban J connectivity index is 1.53. The van der Waals surface area contributed by atoms with Crippen LogP contribution in [0.25, 0.3) is 0 Å². The maximum Gasteiger partial charge on any atom is 0.180 e. The number of aryl methyl sites for hydroxylation is 3. The number of thiocarbonyl (C=S) groups is 1. The van der Waals surface area contributed by atoms with Gasteiger partial charge >= 0.3 is 0 Å². The monoisotopic (exact) mass is 380 g/mol. The molecule has 0 bridgehead atoms. The zero-order valence-electron chi connectivity index (χ0n) is 15.8. The van der Waals surface area contributed by atoms with Crippen molar-refractivity contribution in [3.63, 3.8) is 0 Å². The fraction of sp³-hybridized carbons (Fsp3) is 0.238. The molecule has 0 aliphatic carbocycles. The van der Waals surface area contributed by atoms with E-state index in [1.165, 1.54) is 11.1 Å². The van der Waals surface area contributed by atoms with E-state index in [1.807, 2.05) is 25.3 Å². The predicted molar refractivity (Wildman–Crippen MR) is 114 cm³/mol. The van der Waals surface area contributed by atoms with Crippen LogP contribution in [0.15, 0.2) is 54.9 Å². The Hall–Kier alpha value is -2.86.